The maximum Gasteiger partial charge on any atom is 0.270 e. The summed E-state index contributed by atoms with van der Waals surface area (Å²) in [6.45, 7) is 3.27. The number of pyridine rings is 1. The number of aromatic nitrogens is 1. The third kappa shape index (κ3) is 2.45. The number of rotatable bonds is 2. The van der Waals surface area contributed by atoms with E-state index < -0.39 is 0 Å². The summed E-state index contributed by atoms with van der Waals surface area (Å²) in [5.41, 5.74) is 0.856. The Labute approximate surface area is 112 Å². The molecule has 1 unspecified atom stereocenters. The number of fused-ring (bicyclic) bond motifs is 3. The van der Waals surface area contributed by atoms with Crippen molar-refractivity contribution in [1.29, 1.82) is 5.26 Å². The minimum absolute atomic E-state index is 0.136. The smallest absolute Gasteiger partial charge is 0.270 e. The molecule has 3 fully saturated rings. The summed E-state index contributed by atoms with van der Waals surface area (Å²) in [5, 5.41) is 11.8. The van der Waals surface area contributed by atoms with Crippen LogP contribution in [0.2, 0.25) is 0 Å². The van der Waals surface area contributed by atoms with Gasteiger partial charge in [0.2, 0.25) is 0 Å². The maximum absolute atomic E-state index is 12.1. The summed E-state index contributed by atoms with van der Waals surface area (Å²) < 4.78 is 0. The quantitative estimate of drug-likeness (QED) is 0.849. The molecule has 0 aliphatic carbocycles. The molecular formula is C14H16N4O. The van der Waals surface area contributed by atoms with E-state index in [4.69, 9.17) is 5.26 Å². The molecule has 0 spiro atoms. The van der Waals surface area contributed by atoms with Crippen molar-refractivity contribution < 1.29 is 4.79 Å². The van der Waals surface area contributed by atoms with Crippen LogP contribution in [0, 0.1) is 17.2 Å². The average molecular weight is 256 g/mol. The zero-order chi connectivity index (χ0) is 13.2. The highest BCUT2D eigenvalue weighted by molar-refractivity contribution is 5.92. The Balaban J connectivity index is 1.66. The van der Waals surface area contributed by atoms with Gasteiger partial charge in [-0.2, -0.15) is 5.26 Å². The Hall–Kier alpha value is -1.93. The predicted octanol–water partition coefficient (Wildman–Crippen LogP) is 0.777. The van der Waals surface area contributed by atoms with Crippen LogP contribution in [-0.4, -0.2) is 41.5 Å². The van der Waals surface area contributed by atoms with Crippen LogP contribution in [0.5, 0.6) is 0 Å². The van der Waals surface area contributed by atoms with Crippen molar-refractivity contribution in [2.24, 2.45) is 5.92 Å². The van der Waals surface area contributed by atoms with Crippen LogP contribution in [0.1, 0.15) is 28.9 Å². The summed E-state index contributed by atoms with van der Waals surface area (Å²) >= 11 is 0. The molecule has 0 aromatic carbocycles. The Bertz CT molecular complexity index is 511. The molecule has 0 radical (unpaired) electrons. The molecule has 5 heteroatoms. The van der Waals surface area contributed by atoms with Gasteiger partial charge in [-0.15, -0.1) is 0 Å². The molecule has 4 heterocycles. The van der Waals surface area contributed by atoms with Gasteiger partial charge in [-0.25, -0.2) is 4.98 Å². The van der Waals surface area contributed by atoms with Crippen molar-refractivity contribution in [1.82, 2.24) is 15.2 Å². The van der Waals surface area contributed by atoms with Gasteiger partial charge in [0.25, 0.3) is 5.91 Å². The van der Waals surface area contributed by atoms with E-state index in [1.807, 2.05) is 6.07 Å². The normalized spacial score (nSPS) is 28.7. The van der Waals surface area contributed by atoms with Gasteiger partial charge in [0.05, 0.1) is 5.56 Å². The molecule has 0 saturated carbocycles. The van der Waals surface area contributed by atoms with Crippen molar-refractivity contribution >= 4 is 5.91 Å². The van der Waals surface area contributed by atoms with E-state index in [0.717, 1.165) is 19.6 Å². The molecule has 2 bridgehead atoms. The van der Waals surface area contributed by atoms with Gasteiger partial charge in [0.1, 0.15) is 11.8 Å². The Morgan fingerprint density at radius 1 is 1.42 bits per heavy atom. The number of nitriles is 1. The number of nitrogens with zero attached hydrogens (tertiary/aromatic N) is 3. The fourth-order valence-electron chi connectivity index (χ4n) is 2.97. The molecule has 1 amide bonds. The van der Waals surface area contributed by atoms with Gasteiger partial charge in [-0.3, -0.25) is 4.79 Å². The lowest BCUT2D eigenvalue weighted by atomic mass is 9.84. The molecule has 1 aromatic heterocycles. The van der Waals surface area contributed by atoms with E-state index in [1.54, 1.807) is 12.1 Å². The van der Waals surface area contributed by atoms with Crippen LogP contribution in [-0.2, 0) is 0 Å². The number of piperidine rings is 3. The van der Waals surface area contributed by atoms with Gasteiger partial charge >= 0.3 is 0 Å². The summed E-state index contributed by atoms with van der Waals surface area (Å²) in [5.74, 6) is 0.468. The van der Waals surface area contributed by atoms with Crippen molar-refractivity contribution in [2.75, 3.05) is 19.6 Å². The second-order valence-corrected chi connectivity index (χ2v) is 5.26. The fraction of sp³-hybridized carbons (Fsp3) is 0.500. The Morgan fingerprint density at radius 2 is 2.21 bits per heavy atom. The number of nitrogens with one attached hydrogen (secondary N) is 1. The number of carbonyl (C=O) groups is 1. The summed E-state index contributed by atoms with van der Waals surface area (Å²) in [6, 6.07) is 5.47. The van der Waals surface area contributed by atoms with Crippen LogP contribution < -0.4 is 5.32 Å². The van der Waals surface area contributed by atoms with Crippen LogP contribution in [0.4, 0.5) is 0 Å². The Morgan fingerprint density at radius 3 is 2.74 bits per heavy atom. The molecule has 3 aliphatic heterocycles. The largest absolute Gasteiger partial charge is 0.346 e. The molecule has 98 valence electrons. The molecule has 1 N–H and O–H groups in total. The zero-order valence-corrected chi connectivity index (χ0v) is 10.7. The number of carbonyl (C=O) groups excluding carboxylic acids is 1. The third-order valence-electron chi connectivity index (χ3n) is 4.10. The van der Waals surface area contributed by atoms with Crippen LogP contribution in [0.15, 0.2) is 18.3 Å². The fourth-order valence-corrected chi connectivity index (χ4v) is 2.97. The maximum atomic E-state index is 12.1. The lowest BCUT2D eigenvalue weighted by Crippen LogP contribution is -2.57. The molecule has 5 nitrogen and oxygen atoms in total. The van der Waals surface area contributed by atoms with Gasteiger partial charge in [0.15, 0.2) is 0 Å². The highest BCUT2D eigenvalue weighted by atomic mass is 16.1. The summed E-state index contributed by atoms with van der Waals surface area (Å²) in [7, 11) is 0. The van der Waals surface area contributed by atoms with Gasteiger partial charge in [-0.1, -0.05) is 0 Å². The van der Waals surface area contributed by atoms with Crippen molar-refractivity contribution in [3.63, 3.8) is 0 Å². The first-order valence-electron chi connectivity index (χ1n) is 6.65. The third-order valence-corrected chi connectivity index (χ3v) is 4.10. The summed E-state index contributed by atoms with van der Waals surface area (Å²) in [6.07, 6.45) is 3.78. The average Bonchev–Trinajstić information content (AvgIpc) is 2.48. The lowest BCUT2D eigenvalue weighted by Gasteiger charge is -2.44. The molecule has 3 aliphatic rings. The number of hydrogen-bond acceptors (Lipinski definition) is 4. The van der Waals surface area contributed by atoms with E-state index in [2.05, 4.69) is 15.2 Å². The number of amides is 1. The van der Waals surface area contributed by atoms with E-state index in [9.17, 15) is 4.79 Å². The highest BCUT2D eigenvalue weighted by Gasteiger charge is 2.35. The van der Waals surface area contributed by atoms with E-state index in [-0.39, 0.29) is 11.9 Å². The van der Waals surface area contributed by atoms with Crippen LogP contribution in [0.25, 0.3) is 0 Å². The summed E-state index contributed by atoms with van der Waals surface area (Å²) in [4.78, 5) is 18.5. The van der Waals surface area contributed by atoms with Crippen molar-refractivity contribution in [2.45, 2.75) is 18.9 Å². The zero-order valence-electron chi connectivity index (χ0n) is 10.7. The minimum atomic E-state index is -0.136. The Kier molecular flexibility index (Phi) is 3.18. The van der Waals surface area contributed by atoms with Crippen molar-refractivity contribution in [3.8, 4) is 6.07 Å². The van der Waals surface area contributed by atoms with Gasteiger partial charge in [-0.05, 0) is 44.0 Å². The standard InChI is InChI=1S/C14H16N4O/c15-7-10-1-2-12(16-8-10)14(19)17-13-9-18-5-3-11(13)4-6-18/h1-2,8,11,13H,3-6,9H2,(H,17,19). The lowest BCUT2D eigenvalue weighted by molar-refractivity contribution is 0.0618. The molecule has 3 saturated heterocycles. The van der Waals surface area contributed by atoms with Gasteiger partial charge < -0.3 is 10.2 Å². The second-order valence-electron chi connectivity index (χ2n) is 5.26. The SMILES string of the molecule is N#Cc1ccc(C(=O)NC2CN3CCC2CC3)nc1. The topological polar surface area (TPSA) is 69.0 Å². The predicted molar refractivity (Wildman–Crippen MR) is 69.4 cm³/mol. The second kappa shape index (κ2) is 4.98. The first-order chi connectivity index (χ1) is 9.26. The first-order valence-corrected chi connectivity index (χ1v) is 6.65. The molecule has 1 aromatic rings. The van der Waals surface area contributed by atoms with Crippen LogP contribution in [0.3, 0.4) is 0 Å². The monoisotopic (exact) mass is 256 g/mol. The minimum Gasteiger partial charge on any atom is -0.346 e. The van der Waals surface area contributed by atoms with Crippen molar-refractivity contribution in [3.05, 3.63) is 29.6 Å². The van der Waals surface area contributed by atoms with Crippen LogP contribution >= 0.6 is 0 Å². The van der Waals surface area contributed by atoms with E-state index >= 15 is 0 Å². The van der Waals surface area contributed by atoms with Gasteiger partial charge in [0, 0.05) is 18.8 Å². The first kappa shape index (κ1) is 12.1. The molecule has 19 heavy (non-hydrogen) atoms. The molecule has 4 rings (SSSR count). The molecular weight excluding hydrogens is 240 g/mol. The van der Waals surface area contributed by atoms with E-state index in [1.165, 1.54) is 19.0 Å². The number of hydrogen-bond donors (Lipinski definition) is 1. The van der Waals surface area contributed by atoms with E-state index in [0.29, 0.717) is 17.2 Å². The highest BCUT2D eigenvalue weighted by Crippen LogP contribution is 2.27. The molecule has 1 atom stereocenters.